The van der Waals surface area contributed by atoms with Gasteiger partial charge in [0, 0.05) is 17.7 Å². The Morgan fingerprint density at radius 1 is 1.11 bits per heavy atom. The van der Waals surface area contributed by atoms with Gasteiger partial charge in [0.15, 0.2) is 0 Å². The van der Waals surface area contributed by atoms with Crippen LogP contribution in [0.5, 0.6) is 17.2 Å². The predicted octanol–water partition coefficient (Wildman–Crippen LogP) is 3.12. The van der Waals surface area contributed by atoms with Gasteiger partial charge < -0.3 is 14.6 Å². The number of rotatable bonds is 4. The van der Waals surface area contributed by atoms with Crippen LogP contribution in [0.3, 0.4) is 0 Å². The number of methoxy groups -OCH3 is 1. The molecule has 0 spiro atoms. The van der Waals surface area contributed by atoms with Gasteiger partial charge in [0.05, 0.1) is 7.11 Å². The van der Waals surface area contributed by atoms with Gasteiger partial charge in [0.2, 0.25) is 0 Å². The Morgan fingerprint density at radius 3 is 2.61 bits per heavy atom. The number of phenolic OH excluding ortho intramolecular Hbond substituents is 1. The lowest BCUT2D eigenvalue weighted by Gasteiger charge is -2.09. The van der Waals surface area contributed by atoms with Crippen molar-refractivity contribution in [3.05, 3.63) is 53.8 Å². The standard InChI is InChI=1S/C14H13FO3/c1-17-12-6-5-10(14(16)8-12)9-18-13-4-2-3-11(15)7-13/h2-8,16H,9H2,1H3. The number of hydrogen-bond acceptors (Lipinski definition) is 3. The van der Waals surface area contributed by atoms with E-state index in [-0.39, 0.29) is 18.2 Å². The molecule has 3 nitrogen and oxygen atoms in total. The summed E-state index contributed by atoms with van der Waals surface area (Å²) in [5, 5.41) is 9.72. The van der Waals surface area contributed by atoms with Crippen LogP contribution in [0.2, 0.25) is 0 Å². The van der Waals surface area contributed by atoms with Crippen LogP contribution in [0.15, 0.2) is 42.5 Å². The van der Waals surface area contributed by atoms with Crippen LogP contribution in [0.25, 0.3) is 0 Å². The van der Waals surface area contributed by atoms with Crippen LogP contribution in [-0.4, -0.2) is 12.2 Å². The molecule has 0 fully saturated rings. The molecule has 2 rings (SSSR count). The van der Waals surface area contributed by atoms with Gasteiger partial charge in [0.1, 0.15) is 29.7 Å². The molecule has 94 valence electrons. The Kier molecular flexibility index (Phi) is 3.67. The van der Waals surface area contributed by atoms with E-state index in [1.807, 2.05) is 0 Å². The summed E-state index contributed by atoms with van der Waals surface area (Å²) in [7, 11) is 1.53. The van der Waals surface area contributed by atoms with E-state index in [2.05, 4.69) is 0 Å². The van der Waals surface area contributed by atoms with Gasteiger partial charge in [-0.1, -0.05) is 6.07 Å². The molecule has 18 heavy (non-hydrogen) atoms. The predicted molar refractivity (Wildman–Crippen MR) is 65.4 cm³/mol. The average Bonchev–Trinajstić information content (AvgIpc) is 2.37. The van der Waals surface area contributed by atoms with Crippen molar-refractivity contribution in [3.8, 4) is 17.2 Å². The van der Waals surface area contributed by atoms with Crippen molar-refractivity contribution in [1.82, 2.24) is 0 Å². The van der Waals surface area contributed by atoms with E-state index < -0.39 is 0 Å². The zero-order valence-corrected chi connectivity index (χ0v) is 9.89. The van der Waals surface area contributed by atoms with E-state index in [0.29, 0.717) is 17.1 Å². The van der Waals surface area contributed by atoms with Gasteiger partial charge in [-0.25, -0.2) is 4.39 Å². The molecule has 0 unspecified atom stereocenters. The van der Waals surface area contributed by atoms with Crippen LogP contribution in [-0.2, 0) is 6.61 Å². The van der Waals surface area contributed by atoms with Crippen LogP contribution in [0.1, 0.15) is 5.56 Å². The Hall–Kier alpha value is -2.23. The monoisotopic (exact) mass is 248 g/mol. The van der Waals surface area contributed by atoms with Crippen LogP contribution in [0.4, 0.5) is 4.39 Å². The van der Waals surface area contributed by atoms with Crippen molar-refractivity contribution in [2.75, 3.05) is 7.11 Å². The fourth-order valence-electron chi connectivity index (χ4n) is 1.51. The molecule has 0 aliphatic rings. The topological polar surface area (TPSA) is 38.7 Å². The SMILES string of the molecule is COc1ccc(COc2cccc(F)c2)c(O)c1. The number of halogens is 1. The molecule has 0 saturated heterocycles. The molecule has 0 radical (unpaired) electrons. The second kappa shape index (κ2) is 5.40. The summed E-state index contributed by atoms with van der Waals surface area (Å²) >= 11 is 0. The van der Waals surface area contributed by atoms with Crippen molar-refractivity contribution in [2.24, 2.45) is 0 Å². The van der Waals surface area contributed by atoms with Gasteiger partial charge in [-0.15, -0.1) is 0 Å². The zero-order valence-electron chi connectivity index (χ0n) is 9.89. The van der Waals surface area contributed by atoms with E-state index in [1.165, 1.54) is 25.3 Å². The number of hydrogen-bond donors (Lipinski definition) is 1. The molecular formula is C14H13FO3. The normalized spacial score (nSPS) is 10.1. The minimum absolute atomic E-state index is 0.0887. The summed E-state index contributed by atoms with van der Waals surface area (Å²) in [5.74, 6) is 0.726. The first kappa shape index (κ1) is 12.2. The highest BCUT2D eigenvalue weighted by Gasteiger charge is 2.04. The minimum atomic E-state index is -0.355. The van der Waals surface area contributed by atoms with Crippen LogP contribution >= 0.6 is 0 Å². The third-order valence-corrected chi connectivity index (χ3v) is 2.48. The summed E-state index contributed by atoms with van der Waals surface area (Å²) in [6, 6.07) is 10.8. The van der Waals surface area contributed by atoms with Crippen molar-refractivity contribution < 1.29 is 19.0 Å². The van der Waals surface area contributed by atoms with E-state index in [9.17, 15) is 9.50 Å². The number of benzene rings is 2. The Bertz CT molecular complexity index is 540. The molecule has 2 aromatic carbocycles. The fraction of sp³-hybridized carbons (Fsp3) is 0.143. The van der Waals surface area contributed by atoms with E-state index in [4.69, 9.17) is 9.47 Å². The van der Waals surface area contributed by atoms with E-state index in [0.717, 1.165) is 0 Å². The number of ether oxygens (including phenoxy) is 2. The second-order valence-corrected chi connectivity index (χ2v) is 3.74. The first-order valence-electron chi connectivity index (χ1n) is 5.43. The molecule has 0 bridgehead atoms. The summed E-state index contributed by atoms with van der Waals surface area (Å²) in [4.78, 5) is 0. The van der Waals surface area contributed by atoms with Gasteiger partial charge in [0.25, 0.3) is 0 Å². The maximum absolute atomic E-state index is 12.9. The molecule has 0 aliphatic heterocycles. The first-order valence-corrected chi connectivity index (χ1v) is 5.43. The lowest BCUT2D eigenvalue weighted by Crippen LogP contribution is -1.96. The van der Waals surface area contributed by atoms with Crippen LogP contribution in [0, 0.1) is 5.82 Å². The van der Waals surface area contributed by atoms with Gasteiger partial charge in [-0.3, -0.25) is 0 Å². The quantitative estimate of drug-likeness (QED) is 0.903. The van der Waals surface area contributed by atoms with Gasteiger partial charge in [-0.2, -0.15) is 0 Å². The highest BCUT2D eigenvalue weighted by Crippen LogP contribution is 2.24. The molecule has 0 aromatic heterocycles. The summed E-state index contributed by atoms with van der Waals surface area (Å²) in [6.07, 6.45) is 0. The zero-order chi connectivity index (χ0) is 13.0. The van der Waals surface area contributed by atoms with Crippen molar-refractivity contribution in [3.63, 3.8) is 0 Å². The smallest absolute Gasteiger partial charge is 0.126 e. The van der Waals surface area contributed by atoms with Crippen molar-refractivity contribution >= 4 is 0 Å². The average molecular weight is 248 g/mol. The first-order chi connectivity index (χ1) is 8.69. The lowest BCUT2D eigenvalue weighted by atomic mass is 10.2. The van der Waals surface area contributed by atoms with Crippen LogP contribution < -0.4 is 9.47 Å². The largest absolute Gasteiger partial charge is 0.507 e. The Labute approximate surface area is 104 Å². The lowest BCUT2D eigenvalue weighted by molar-refractivity contribution is 0.297. The molecule has 0 atom stereocenters. The van der Waals surface area contributed by atoms with E-state index in [1.54, 1.807) is 24.3 Å². The third kappa shape index (κ3) is 2.91. The number of phenols is 1. The maximum atomic E-state index is 12.9. The number of aromatic hydroxyl groups is 1. The molecule has 0 amide bonds. The molecule has 0 saturated carbocycles. The Balaban J connectivity index is 2.06. The summed E-state index contributed by atoms with van der Waals surface area (Å²) in [6.45, 7) is 0.166. The minimum Gasteiger partial charge on any atom is -0.507 e. The molecular weight excluding hydrogens is 235 g/mol. The third-order valence-electron chi connectivity index (χ3n) is 2.48. The van der Waals surface area contributed by atoms with Crippen molar-refractivity contribution in [1.29, 1.82) is 0 Å². The highest BCUT2D eigenvalue weighted by atomic mass is 19.1. The summed E-state index contributed by atoms with van der Waals surface area (Å²) in [5.41, 5.74) is 0.611. The molecule has 1 N–H and O–H groups in total. The second-order valence-electron chi connectivity index (χ2n) is 3.74. The highest BCUT2D eigenvalue weighted by molar-refractivity contribution is 5.39. The van der Waals surface area contributed by atoms with Gasteiger partial charge >= 0.3 is 0 Å². The van der Waals surface area contributed by atoms with Gasteiger partial charge in [-0.05, 0) is 24.3 Å². The van der Waals surface area contributed by atoms with E-state index >= 15 is 0 Å². The Morgan fingerprint density at radius 2 is 1.94 bits per heavy atom. The molecule has 0 heterocycles. The summed E-state index contributed by atoms with van der Waals surface area (Å²) < 4.78 is 23.3. The van der Waals surface area contributed by atoms with Crippen molar-refractivity contribution in [2.45, 2.75) is 6.61 Å². The fourth-order valence-corrected chi connectivity index (χ4v) is 1.51. The molecule has 2 aromatic rings. The maximum Gasteiger partial charge on any atom is 0.126 e. The molecule has 0 aliphatic carbocycles. The molecule has 4 heteroatoms.